The fraction of sp³-hybridized carbons (Fsp3) is 0.538. The maximum absolute atomic E-state index is 12.6. The zero-order valence-corrected chi connectivity index (χ0v) is 14.0. The van der Waals surface area contributed by atoms with Gasteiger partial charge in [-0.1, -0.05) is 29.8 Å². The van der Waals surface area contributed by atoms with Crippen molar-refractivity contribution < 1.29 is 35.4 Å². The molecule has 0 saturated carbocycles. The van der Waals surface area contributed by atoms with E-state index in [1.165, 1.54) is 0 Å². The third-order valence-electron chi connectivity index (χ3n) is 2.99. The van der Waals surface area contributed by atoms with Crippen LogP contribution in [-0.4, -0.2) is 48.9 Å². The number of halogens is 3. The van der Waals surface area contributed by atoms with Gasteiger partial charge in [-0.25, -0.2) is 3.63 Å². The Morgan fingerprint density at radius 2 is 1.52 bits per heavy atom. The first-order valence-corrected chi connectivity index (χ1v) is 10.1. The van der Waals surface area contributed by atoms with Crippen LogP contribution in [0.15, 0.2) is 24.3 Å². The molecule has 0 radical (unpaired) electrons. The second kappa shape index (κ2) is 7.84. The minimum Gasteiger partial charge on any atom is -0.395 e. The Bertz CT molecular complexity index is 593. The number of hydrogen-bond donors (Lipinski definition) is 2. The van der Waals surface area contributed by atoms with Crippen LogP contribution in [0.1, 0.15) is 11.1 Å². The molecule has 1 rings (SSSR count). The molecule has 0 amide bonds. The Hall–Kier alpha value is -0.810. The maximum Gasteiger partial charge on any atom is 0.523 e. The maximum atomic E-state index is 12.6. The van der Waals surface area contributed by atoms with Gasteiger partial charge in [-0.15, -0.1) is 10.3 Å². The average Bonchev–Trinajstić information content (AvgIpc) is 2.40. The van der Waals surface area contributed by atoms with Crippen LogP contribution in [0.25, 0.3) is 0 Å². The van der Waals surface area contributed by atoms with Crippen molar-refractivity contribution in [1.29, 1.82) is 0 Å². The molecule has 0 aliphatic carbocycles. The van der Waals surface area contributed by atoms with E-state index in [0.29, 0.717) is 5.56 Å². The molecule has 10 heteroatoms. The van der Waals surface area contributed by atoms with Crippen LogP contribution < -0.4 is 0 Å². The van der Waals surface area contributed by atoms with Crippen molar-refractivity contribution >= 4 is 20.4 Å². The van der Waals surface area contributed by atoms with Crippen LogP contribution in [0, 0.1) is 6.92 Å². The number of hydrogen-bond acceptors (Lipinski definition) is 5. The topological polar surface area (TPSA) is 83.8 Å². The van der Waals surface area contributed by atoms with Gasteiger partial charge in [-0.2, -0.15) is 21.6 Å². The van der Waals surface area contributed by atoms with Gasteiger partial charge < -0.3 is 10.2 Å². The van der Waals surface area contributed by atoms with Crippen molar-refractivity contribution in [2.75, 3.05) is 24.7 Å². The van der Waals surface area contributed by atoms with Gasteiger partial charge >= 0.3 is 15.6 Å². The second-order valence-corrected chi connectivity index (χ2v) is 9.87. The van der Waals surface area contributed by atoms with Gasteiger partial charge in [-0.3, -0.25) is 0 Å². The lowest BCUT2D eigenvalue weighted by molar-refractivity contribution is -0.0496. The summed E-state index contributed by atoms with van der Waals surface area (Å²) in [5, 5.41) is 18.3. The van der Waals surface area contributed by atoms with E-state index in [1.807, 2.05) is 6.92 Å². The van der Waals surface area contributed by atoms with Crippen molar-refractivity contribution in [3.05, 3.63) is 35.4 Å². The molecule has 0 unspecified atom stereocenters. The highest BCUT2D eigenvalue weighted by Gasteiger charge is 2.50. The number of alkyl halides is 3. The first-order valence-electron chi connectivity index (χ1n) is 6.61. The van der Waals surface area contributed by atoms with Crippen molar-refractivity contribution in [2.24, 2.45) is 0 Å². The molecule has 0 fully saturated rings. The van der Waals surface area contributed by atoms with E-state index in [1.54, 1.807) is 24.3 Å². The Labute approximate surface area is 134 Å². The van der Waals surface area contributed by atoms with Crippen molar-refractivity contribution in [1.82, 2.24) is 0 Å². The molecule has 0 atom stereocenters. The van der Waals surface area contributed by atoms with Crippen LogP contribution in [0.3, 0.4) is 0 Å². The summed E-state index contributed by atoms with van der Waals surface area (Å²) in [7, 11) is -8.72. The van der Waals surface area contributed by atoms with E-state index >= 15 is 0 Å². The Kier molecular flexibility index (Phi) is 6.90. The summed E-state index contributed by atoms with van der Waals surface area (Å²) in [5.74, 6) is -0.669. The molecule has 134 valence electrons. The predicted octanol–water partition coefficient (Wildman–Crippen LogP) is 2.07. The third-order valence-corrected chi connectivity index (χ3v) is 8.15. The Morgan fingerprint density at radius 1 is 1.04 bits per heavy atom. The zero-order valence-electron chi connectivity index (χ0n) is 12.4. The molecule has 0 heterocycles. The highest BCUT2D eigenvalue weighted by atomic mass is 32.3. The predicted molar refractivity (Wildman–Crippen MR) is 82.4 cm³/mol. The molecule has 23 heavy (non-hydrogen) atoms. The molecule has 0 spiro atoms. The normalized spacial score (nSPS) is 14.0. The summed E-state index contributed by atoms with van der Waals surface area (Å²) in [5.41, 5.74) is -4.05. The number of benzene rings is 1. The van der Waals surface area contributed by atoms with Gasteiger partial charge in [0.25, 0.3) is 0 Å². The van der Waals surface area contributed by atoms with Crippen LogP contribution in [0.5, 0.6) is 0 Å². The van der Waals surface area contributed by atoms with Gasteiger partial charge in [-0.05, 0) is 12.5 Å². The molecule has 2 N–H and O–H groups in total. The van der Waals surface area contributed by atoms with E-state index in [2.05, 4.69) is 3.63 Å². The lowest BCUT2D eigenvalue weighted by atomic mass is 10.2. The summed E-state index contributed by atoms with van der Waals surface area (Å²) in [4.78, 5) is 0. The molecule has 1 aromatic carbocycles. The van der Waals surface area contributed by atoms with Gasteiger partial charge in [0.05, 0.1) is 13.2 Å². The largest absolute Gasteiger partial charge is 0.523 e. The highest BCUT2D eigenvalue weighted by molar-refractivity contribution is 8.32. The quantitative estimate of drug-likeness (QED) is 0.679. The van der Waals surface area contributed by atoms with Crippen LogP contribution in [0.2, 0.25) is 0 Å². The third kappa shape index (κ3) is 5.64. The summed E-state index contributed by atoms with van der Waals surface area (Å²) in [6, 6.07) is 6.76. The first kappa shape index (κ1) is 20.2. The molecular weight excluding hydrogens is 357 g/mol. The van der Waals surface area contributed by atoms with E-state index in [0.717, 1.165) is 5.56 Å². The molecule has 5 nitrogen and oxygen atoms in total. The van der Waals surface area contributed by atoms with Crippen molar-refractivity contribution in [3.63, 3.8) is 0 Å². The highest BCUT2D eigenvalue weighted by Crippen LogP contribution is 2.54. The number of aryl methyl sites for hydroxylation is 1. The first-order chi connectivity index (χ1) is 10.6. The monoisotopic (exact) mass is 376 g/mol. The fourth-order valence-electron chi connectivity index (χ4n) is 1.89. The lowest BCUT2D eigenvalue weighted by Crippen LogP contribution is -2.30. The average molecular weight is 376 g/mol. The summed E-state index contributed by atoms with van der Waals surface area (Å²) < 4.78 is 65.1. The van der Waals surface area contributed by atoms with Gasteiger partial charge in [0.2, 0.25) is 0 Å². The Balaban J connectivity index is 3.18. The fourth-order valence-corrected chi connectivity index (χ4v) is 6.41. The molecule has 1 aromatic rings. The molecule has 0 aromatic heterocycles. The van der Waals surface area contributed by atoms with Crippen LogP contribution in [-0.2, 0) is 19.5 Å². The van der Waals surface area contributed by atoms with Gasteiger partial charge in [0.1, 0.15) is 0 Å². The number of aliphatic hydroxyl groups excluding tert-OH is 2. The van der Waals surface area contributed by atoms with E-state index in [4.69, 9.17) is 10.2 Å². The zero-order chi connectivity index (χ0) is 17.7. The number of aliphatic hydroxyl groups is 2. The van der Waals surface area contributed by atoms with Gasteiger partial charge in [0, 0.05) is 17.3 Å². The number of rotatable bonds is 8. The molecule has 0 aliphatic heterocycles. The second-order valence-electron chi connectivity index (χ2n) is 4.92. The minimum atomic E-state index is -5.81. The summed E-state index contributed by atoms with van der Waals surface area (Å²) in [6.07, 6.45) is 0. The SMILES string of the molecule is Cc1ccc(CS(CCO)(CCO)OS(=O)(=O)C(F)(F)F)cc1. The standard InChI is InChI=1S/C13H19F3O5S2/c1-11-2-4-12(5-3-11)10-22(8-6-17,9-7-18)21-23(19,20)13(14,15)16/h2-5,17-18H,6-10H2,1H3. The minimum absolute atomic E-state index is 0.107. The molecule has 0 saturated heterocycles. The summed E-state index contributed by atoms with van der Waals surface area (Å²) >= 11 is 0. The van der Waals surface area contributed by atoms with E-state index < -0.39 is 39.1 Å². The molecule has 0 bridgehead atoms. The molecular formula is C13H19F3O5S2. The van der Waals surface area contributed by atoms with Crippen LogP contribution >= 0.6 is 10.3 Å². The van der Waals surface area contributed by atoms with E-state index in [-0.39, 0.29) is 17.3 Å². The van der Waals surface area contributed by atoms with Crippen molar-refractivity contribution in [2.45, 2.75) is 18.2 Å². The Morgan fingerprint density at radius 3 is 1.91 bits per heavy atom. The van der Waals surface area contributed by atoms with Crippen LogP contribution in [0.4, 0.5) is 13.2 Å². The summed E-state index contributed by atoms with van der Waals surface area (Å²) in [6.45, 7) is 0.735. The molecule has 0 aliphatic rings. The lowest BCUT2D eigenvalue weighted by Gasteiger charge is -2.37. The van der Waals surface area contributed by atoms with E-state index in [9.17, 15) is 21.6 Å². The van der Waals surface area contributed by atoms with Crippen molar-refractivity contribution in [3.8, 4) is 0 Å². The van der Waals surface area contributed by atoms with Gasteiger partial charge in [0.15, 0.2) is 0 Å². The smallest absolute Gasteiger partial charge is 0.395 e.